The van der Waals surface area contributed by atoms with Crippen LogP contribution in [-0.2, 0) is 6.42 Å². The third kappa shape index (κ3) is 2.36. The first kappa shape index (κ1) is 13.0. The predicted molar refractivity (Wildman–Crippen MR) is 78.8 cm³/mol. The van der Waals surface area contributed by atoms with Crippen LogP contribution in [0.25, 0.3) is 0 Å². The number of ether oxygens (including phenoxy) is 1. The lowest BCUT2D eigenvalue weighted by atomic mass is 10.0. The van der Waals surface area contributed by atoms with Crippen molar-refractivity contribution in [2.45, 2.75) is 25.8 Å². The summed E-state index contributed by atoms with van der Waals surface area (Å²) in [4.78, 5) is 0. The zero-order valence-corrected chi connectivity index (χ0v) is 11.7. The first-order valence-electron chi connectivity index (χ1n) is 6.87. The van der Waals surface area contributed by atoms with Crippen molar-refractivity contribution in [2.75, 3.05) is 12.4 Å². The number of nitrogens with one attached hydrogen (secondary N) is 1. The van der Waals surface area contributed by atoms with Crippen LogP contribution in [0.3, 0.4) is 0 Å². The molecule has 1 aliphatic rings. The third-order valence-electron chi connectivity index (χ3n) is 3.88. The molecule has 2 nitrogen and oxygen atoms in total. The Bertz CT molecular complexity index is 639. The average Bonchev–Trinajstić information content (AvgIpc) is 2.84. The van der Waals surface area contributed by atoms with E-state index in [4.69, 9.17) is 4.74 Å². The number of hydrogen-bond acceptors (Lipinski definition) is 2. The van der Waals surface area contributed by atoms with E-state index >= 15 is 0 Å². The summed E-state index contributed by atoms with van der Waals surface area (Å²) in [6, 6.07) is 11.5. The SMILES string of the molecule is COc1ccc(F)c(NC2CCc3ccc(C)cc32)c1. The van der Waals surface area contributed by atoms with Gasteiger partial charge in [-0.1, -0.05) is 23.8 Å². The quantitative estimate of drug-likeness (QED) is 0.901. The number of rotatable bonds is 3. The highest BCUT2D eigenvalue weighted by Gasteiger charge is 2.23. The summed E-state index contributed by atoms with van der Waals surface area (Å²) in [7, 11) is 1.59. The van der Waals surface area contributed by atoms with Gasteiger partial charge in [0.15, 0.2) is 0 Å². The van der Waals surface area contributed by atoms with E-state index in [1.54, 1.807) is 19.2 Å². The van der Waals surface area contributed by atoms with Crippen LogP contribution >= 0.6 is 0 Å². The molecule has 0 saturated carbocycles. The largest absolute Gasteiger partial charge is 0.497 e. The molecule has 0 amide bonds. The van der Waals surface area contributed by atoms with E-state index < -0.39 is 0 Å². The summed E-state index contributed by atoms with van der Waals surface area (Å²) in [6.07, 6.45) is 2.04. The van der Waals surface area contributed by atoms with E-state index in [0.717, 1.165) is 12.8 Å². The minimum absolute atomic E-state index is 0.173. The Labute approximate surface area is 118 Å². The zero-order chi connectivity index (χ0) is 14.1. The Hall–Kier alpha value is -2.03. The van der Waals surface area contributed by atoms with Crippen LogP contribution < -0.4 is 10.1 Å². The molecule has 0 bridgehead atoms. The first-order valence-corrected chi connectivity index (χ1v) is 6.87. The summed E-state index contributed by atoms with van der Waals surface area (Å²) in [5, 5.41) is 3.31. The summed E-state index contributed by atoms with van der Waals surface area (Å²) in [5.74, 6) is 0.420. The molecule has 1 unspecified atom stereocenters. The lowest BCUT2D eigenvalue weighted by Gasteiger charge is -2.17. The Morgan fingerprint density at radius 1 is 1.20 bits per heavy atom. The molecular formula is C17H18FNO. The molecule has 0 saturated heterocycles. The molecule has 0 aliphatic heterocycles. The van der Waals surface area contributed by atoms with Crippen molar-refractivity contribution in [2.24, 2.45) is 0 Å². The highest BCUT2D eigenvalue weighted by molar-refractivity contribution is 5.53. The van der Waals surface area contributed by atoms with E-state index in [0.29, 0.717) is 11.4 Å². The van der Waals surface area contributed by atoms with Crippen molar-refractivity contribution in [3.05, 3.63) is 58.9 Å². The highest BCUT2D eigenvalue weighted by Crippen LogP contribution is 2.35. The Kier molecular flexibility index (Phi) is 3.35. The summed E-state index contributed by atoms with van der Waals surface area (Å²) < 4.78 is 19.1. The predicted octanol–water partition coefficient (Wildman–Crippen LogP) is 4.24. The second kappa shape index (κ2) is 5.16. The molecule has 0 radical (unpaired) electrons. The third-order valence-corrected chi connectivity index (χ3v) is 3.88. The number of fused-ring (bicyclic) bond motifs is 1. The number of benzene rings is 2. The number of anilines is 1. The number of hydrogen-bond donors (Lipinski definition) is 1. The molecule has 0 aromatic heterocycles. The van der Waals surface area contributed by atoms with E-state index in [1.807, 2.05) is 0 Å². The molecule has 1 atom stereocenters. The van der Waals surface area contributed by atoms with Gasteiger partial charge in [-0.25, -0.2) is 4.39 Å². The lowest BCUT2D eigenvalue weighted by Crippen LogP contribution is -2.08. The van der Waals surface area contributed by atoms with Crippen LogP contribution in [-0.4, -0.2) is 7.11 Å². The van der Waals surface area contributed by atoms with E-state index in [2.05, 4.69) is 30.4 Å². The maximum absolute atomic E-state index is 13.9. The molecule has 3 heteroatoms. The van der Waals surface area contributed by atoms with Gasteiger partial charge in [-0.05, 0) is 43.0 Å². The van der Waals surface area contributed by atoms with E-state index in [1.165, 1.54) is 22.8 Å². The molecule has 20 heavy (non-hydrogen) atoms. The van der Waals surface area contributed by atoms with Crippen molar-refractivity contribution in [1.29, 1.82) is 0 Å². The van der Waals surface area contributed by atoms with Gasteiger partial charge in [0.1, 0.15) is 11.6 Å². The number of methoxy groups -OCH3 is 1. The minimum atomic E-state index is -0.244. The highest BCUT2D eigenvalue weighted by atomic mass is 19.1. The van der Waals surface area contributed by atoms with Gasteiger partial charge in [-0.15, -0.1) is 0 Å². The van der Waals surface area contributed by atoms with Crippen molar-refractivity contribution >= 4 is 5.69 Å². The van der Waals surface area contributed by atoms with Gasteiger partial charge >= 0.3 is 0 Å². The molecule has 104 valence electrons. The maximum Gasteiger partial charge on any atom is 0.146 e. The number of aryl methyl sites for hydroxylation is 2. The van der Waals surface area contributed by atoms with Crippen LogP contribution in [0.2, 0.25) is 0 Å². The van der Waals surface area contributed by atoms with Gasteiger partial charge < -0.3 is 10.1 Å². The van der Waals surface area contributed by atoms with Gasteiger partial charge in [0.2, 0.25) is 0 Å². The smallest absolute Gasteiger partial charge is 0.146 e. The zero-order valence-electron chi connectivity index (χ0n) is 11.7. The topological polar surface area (TPSA) is 21.3 Å². The molecule has 1 N–H and O–H groups in total. The van der Waals surface area contributed by atoms with Crippen LogP contribution in [0.1, 0.15) is 29.2 Å². The maximum atomic E-state index is 13.9. The van der Waals surface area contributed by atoms with Gasteiger partial charge in [-0.3, -0.25) is 0 Å². The van der Waals surface area contributed by atoms with Crippen LogP contribution in [0.5, 0.6) is 5.75 Å². The fraction of sp³-hybridized carbons (Fsp3) is 0.294. The Balaban J connectivity index is 1.89. The normalized spacial score (nSPS) is 16.9. The monoisotopic (exact) mass is 271 g/mol. The van der Waals surface area contributed by atoms with Gasteiger partial charge in [0.05, 0.1) is 18.8 Å². The fourth-order valence-corrected chi connectivity index (χ4v) is 2.80. The van der Waals surface area contributed by atoms with Gasteiger partial charge in [0.25, 0.3) is 0 Å². The Morgan fingerprint density at radius 3 is 2.85 bits per heavy atom. The second-order valence-electron chi connectivity index (χ2n) is 5.28. The van der Waals surface area contributed by atoms with E-state index in [-0.39, 0.29) is 11.9 Å². The molecule has 2 aromatic rings. The fourth-order valence-electron chi connectivity index (χ4n) is 2.80. The summed E-state index contributed by atoms with van der Waals surface area (Å²) in [6.45, 7) is 2.09. The van der Waals surface area contributed by atoms with Crippen molar-refractivity contribution in [3.63, 3.8) is 0 Å². The standard InChI is InChI=1S/C17H18FNO/c1-11-3-4-12-5-8-16(14(12)9-11)19-17-10-13(20-2)6-7-15(17)18/h3-4,6-7,9-10,16,19H,5,8H2,1-2H3. The van der Waals surface area contributed by atoms with Crippen LogP contribution in [0.4, 0.5) is 10.1 Å². The molecule has 2 aromatic carbocycles. The van der Waals surface area contributed by atoms with Crippen LogP contribution in [0, 0.1) is 12.7 Å². The molecule has 0 spiro atoms. The molecular weight excluding hydrogens is 253 g/mol. The number of halogens is 1. The second-order valence-corrected chi connectivity index (χ2v) is 5.28. The van der Waals surface area contributed by atoms with Gasteiger partial charge in [0, 0.05) is 6.07 Å². The summed E-state index contributed by atoms with van der Waals surface area (Å²) in [5.41, 5.74) is 4.39. The summed E-state index contributed by atoms with van der Waals surface area (Å²) >= 11 is 0. The van der Waals surface area contributed by atoms with Crippen molar-refractivity contribution in [3.8, 4) is 5.75 Å². The van der Waals surface area contributed by atoms with Gasteiger partial charge in [-0.2, -0.15) is 0 Å². The average molecular weight is 271 g/mol. The Morgan fingerprint density at radius 2 is 2.05 bits per heavy atom. The minimum Gasteiger partial charge on any atom is -0.497 e. The van der Waals surface area contributed by atoms with E-state index in [9.17, 15) is 4.39 Å². The molecule has 1 aliphatic carbocycles. The molecule has 3 rings (SSSR count). The van der Waals surface area contributed by atoms with Crippen LogP contribution in [0.15, 0.2) is 36.4 Å². The molecule has 0 heterocycles. The lowest BCUT2D eigenvalue weighted by molar-refractivity contribution is 0.414. The first-order chi connectivity index (χ1) is 9.67. The van der Waals surface area contributed by atoms with Crippen molar-refractivity contribution in [1.82, 2.24) is 0 Å². The molecule has 0 fully saturated rings. The van der Waals surface area contributed by atoms with Crippen molar-refractivity contribution < 1.29 is 9.13 Å².